The summed E-state index contributed by atoms with van der Waals surface area (Å²) in [5.74, 6) is 0.245. The Bertz CT molecular complexity index is 1210. The van der Waals surface area contributed by atoms with Crippen molar-refractivity contribution >= 4 is 27.5 Å². The number of benzene rings is 2. The lowest BCUT2D eigenvalue weighted by Crippen LogP contribution is -2.45. The number of rotatable bonds is 6. The molecule has 4 rings (SSSR count). The van der Waals surface area contributed by atoms with Crippen LogP contribution >= 0.6 is 0 Å². The van der Waals surface area contributed by atoms with Gasteiger partial charge in [0.1, 0.15) is 11.8 Å². The van der Waals surface area contributed by atoms with Crippen LogP contribution < -0.4 is 15.0 Å². The maximum absolute atomic E-state index is 13.5. The minimum Gasteiger partial charge on any atom is -0.496 e. The van der Waals surface area contributed by atoms with Crippen molar-refractivity contribution < 1.29 is 22.7 Å². The zero-order valence-electron chi connectivity index (χ0n) is 19.3. The van der Waals surface area contributed by atoms with Gasteiger partial charge in [-0.05, 0) is 56.5 Å². The highest BCUT2D eigenvalue weighted by atomic mass is 32.2. The predicted octanol–water partition coefficient (Wildman–Crippen LogP) is 2.42. The summed E-state index contributed by atoms with van der Waals surface area (Å²) in [5, 5.41) is 2.86. The Labute approximate surface area is 194 Å². The van der Waals surface area contributed by atoms with E-state index >= 15 is 0 Å². The van der Waals surface area contributed by atoms with E-state index < -0.39 is 21.5 Å². The largest absolute Gasteiger partial charge is 0.496 e. The molecule has 2 aromatic carbocycles. The van der Waals surface area contributed by atoms with Crippen LogP contribution in [0.15, 0.2) is 47.4 Å². The molecule has 9 heteroatoms. The molecule has 0 aromatic heterocycles. The van der Waals surface area contributed by atoms with Gasteiger partial charge in [0.25, 0.3) is 0 Å². The van der Waals surface area contributed by atoms with E-state index in [4.69, 9.17) is 4.74 Å². The van der Waals surface area contributed by atoms with E-state index in [2.05, 4.69) is 5.32 Å². The van der Waals surface area contributed by atoms with Crippen LogP contribution in [0, 0.1) is 0 Å². The molecule has 0 radical (unpaired) electrons. The predicted molar refractivity (Wildman–Crippen MR) is 125 cm³/mol. The Morgan fingerprint density at radius 2 is 1.94 bits per heavy atom. The van der Waals surface area contributed by atoms with Gasteiger partial charge in [0, 0.05) is 31.4 Å². The number of methoxy groups -OCH3 is 1. The molecule has 2 aliphatic heterocycles. The summed E-state index contributed by atoms with van der Waals surface area (Å²) in [6.07, 6.45) is 1.05. The zero-order valence-corrected chi connectivity index (χ0v) is 20.1. The van der Waals surface area contributed by atoms with Gasteiger partial charge in [-0.2, -0.15) is 4.31 Å². The van der Waals surface area contributed by atoms with Gasteiger partial charge >= 0.3 is 0 Å². The van der Waals surface area contributed by atoms with E-state index in [9.17, 15) is 18.0 Å². The van der Waals surface area contributed by atoms with Crippen molar-refractivity contribution in [3.63, 3.8) is 0 Å². The number of fused-ring (bicyclic) bond motifs is 1. The van der Waals surface area contributed by atoms with Gasteiger partial charge in [0.05, 0.1) is 17.4 Å². The fraction of sp³-hybridized carbons (Fsp3) is 0.417. The normalized spacial score (nSPS) is 20.1. The topological polar surface area (TPSA) is 96.0 Å². The van der Waals surface area contributed by atoms with Gasteiger partial charge in [-0.15, -0.1) is 0 Å². The quantitative estimate of drug-likeness (QED) is 0.698. The van der Waals surface area contributed by atoms with Crippen molar-refractivity contribution in [1.82, 2.24) is 9.62 Å². The number of sulfonamides is 1. The first kappa shape index (κ1) is 23.3. The summed E-state index contributed by atoms with van der Waals surface area (Å²) in [6, 6.07) is 11.3. The molecule has 0 unspecified atom stereocenters. The van der Waals surface area contributed by atoms with E-state index in [0.717, 1.165) is 5.56 Å². The third-order valence-electron chi connectivity index (χ3n) is 6.60. The van der Waals surface area contributed by atoms with Crippen molar-refractivity contribution in [3.8, 4) is 5.75 Å². The number of amides is 2. The van der Waals surface area contributed by atoms with Crippen LogP contribution in [0.5, 0.6) is 5.75 Å². The van der Waals surface area contributed by atoms with Gasteiger partial charge in [-0.1, -0.05) is 18.2 Å². The molecule has 2 aromatic rings. The lowest BCUT2D eigenvalue weighted by molar-refractivity contribution is -0.124. The molecule has 0 bridgehead atoms. The number of likely N-dealkylation sites (N-methyl/N-ethyl adjacent to an activating group) is 1. The minimum absolute atomic E-state index is 0.0817. The van der Waals surface area contributed by atoms with Gasteiger partial charge in [0.2, 0.25) is 21.8 Å². The summed E-state index contributed by atoms with van der Waals surface area (Å²) < 4.78 is 33.6. The molecule has 1 N–H and O–H groups in total. The lowest BCUT2D eigenvalue weighted by atomic mass is 9.86. The average molecular weight is 472 g/mol. The molecular weight excluding hydrogens is 442 g/mol. The fourth-order valence-corrected chi connectivity index (χ4v) is 6.37. The number of nitrogens with zero attached hydrogens (tertiary/aromatic N) is 2. The molecule has 2 heterocycles. The zero-order chi connectivity index (χ0) is 24.0. The van der Waals surface area contributed by atoms with Crippen molar-refractivity contribution in [2.24, 2.45) is 0 Å². The number of nitrogens with one attached hydrogen (secondary N) is 1. The van der Waals surface area contributed by atoms with Crippen LogP contribution in [0.3, 0.4) is 0 Å². The van der Waals surface area contributed by atoms with Crippen LogP contribution in [0.2, 0.25) is 0 Å². The highest BCUT2D eigenvalue weighted by Gasteiger charge is 2.44. The molecule has 1 fully saturated rings. The number of anilines is 1. The highest BCUT2D eigenvalue weighted by molar-refractivity contribution is 7.89. The Morgan fingerprint density at radius 1 is 1.21 bits per heavy atom. The molecule has 0 aliphatic carbocycles. The molecule has 1 atom stereocenters. The molecule has 2 amide bonds. The summed E-state index contributed by atoms with van der Waals surface area (Å²) in [6.45, 7) is 4.10. The Hall–Kier alpha value is -2.91. The van der Waals surface area contributed by atoms with Crippen LogP contribution in [0.25, 0.3) is 0 Å². The Balaban J connectivity index is 1.56. The van der Waals surface area contributed by atoms with E-state index in [-0.39, 0.29) is 29.8 Å². The second-order valence-corrected chi connectivity index (χ2v) is 10.9. The Kier molecular flexibility index (Phi) is 5.96. The maximum Gasteiger partial charge on any atom is 0.243 e. The molecular formula is C24H29N3O5S. The SMILES string of the molecule is COc1ccccc1CNC(=O)[C@@H]1CCCN1S(=O)(=O)c1ccc2c(c1)C(C)(C)C(=O)N2C. The number of carbonyl (C=O) groups is 2. The molecule has 176 valence electrons. The van der Waals surface area contributed by atoms with Gasteiger partial charge in [-0.3, -0.25) is 9.59 Å². The van der Waals surface area contributed by atoms with E-state index in [1.807, 2.05) is 24.3 Å². The van der Waals surface area contributed by atoms with Crippen molar-refractivity contribution in [3.05, 3.63) is 53.6 Å². The summed E-state index contributed by atoms with van der Waals surface area (Å²) in [4.78, 5) is 27.2. The summed E-state index contributed by atoms with van der Waals surface area (Å²) >= 11 is 0. The average Bonchev–Trinajstić information content (AvgIpc) is 3.37. The number of carbonyl (C=O) groups excluding carboxylic acids is 2. The molecule has 8 nitrogen and oxygen atoms in total. The maximum atomic E-state index is 13.5. The van der Waals surface area contributed by atoms with Crippen molar-refractivity contribution in [1.29, 1.82) is 0 Å². The molecule has 2 aliphatic rings. The smallest absolute Gasteiger partial charge is 0.243 e. The minimum atomic E-state index is -3.92. The van der Waals surface area contributed by atoms with E-state index in [1.54, 1.807) is 45.0 Å². The van der Waals surface area contributed by atoms with Crippen LogP contribution in [0.4, 0.5) is 5.69 Å². The summed E-state index contributed by atoms with van der Waals surface area (Å²) in [7, 11) is -0.666. The van der Waals surface area contributed by atoms with Gasteiger partial charge < -0.3 is 15.0 Å². The molecule has 0 spiro atoms. The number of hydrogen-bond donors (Lipinski definition) is 1. The second kappa shape index (κ2) is 8.46. The monoisotopic (exact) mass is 471 g/mol. The number of ether oxygens (including phenoxy) is 1. The highest BCUT2D eigenvalue weighted by Crippen LogP contribution is 2.42. The summed E-state index contributed by atoms with van der Waals surface area (Å²) in [5.41, 5.74) is 1.38. The number of para-hydroxylation sites is 1. The molecule has 33 heavy (non-hydrogen) atoms. The first-order valence-electron chi connectivity index (χ1n) is 10.9. The first-order valence-corrected chi connectivity index (χ1v) is 12.4. The third kappa shape index (κ3) is 3.89. The molecule has 1 saturated heterocycles. The van der Waals surface area contributed by atoms with Crippen molar-refractivity contribution in [2.45, 2.75) is 49.6 Å². The fourth-order valence-electron chi connectivity index (χ4n) is 4.69. The second-order valence-electron chi connectivity index (χ2n) is 8.97. The molecule has 0 saturated carbocycles. The van der Waals surface area contributed by atoms with E-state index in [0.29, 0.717) is 29.8 Å². The van der Waals surface area contributed by atoms with Crippen molar-refractivity contribution in [2.75, 3.05) is 25.6 Å². The standard InChI is InChI=1S/C24H29N3O5S/c1-24(2)18-14-17(11-12-19(18)26(3)23(24)29)33(30,31)27-13-7-9-20(27)22(28)25-15-16-8-5-6-10-21(16)32-4/h5-6,8,10-12,14,20H,7,9,13,15H2,1-4H3,(H,25,28)/t20-/m0/s1. The van der Waals surface area contributed by atoms with Gasteiger partial charge in [0.15, 0.2) is 0 Å². The Morgan fingerprint density at radius 3 is 2.67 bits per heavy atom. The van der Waals surface area contributed by atoms with Crippen LogP contribution in [-0.4, -0.2) is 51.3 Å². The van der Waals surface area contributed by atoms with Crippen LogP contribution in [0.1, 0.15) is 37.8 Å². The first-order chi connectivity index (χ1) is 15.6. The lowest BCUT2D eigenvalue weighted by Gasteiger charge is -2.24. The third-order valence-corrected chi connectivity index (χ3v) is 8.50. The van der Waals surface area contributed by atoms with Crippen LogP contribution in [-0.2, 0) is 31.6 Å². The van der Waals surface area contributed by atoms with E-state index in [1.165, 1.54) is 10.4 Å². The van der Waals surface area contributed by atoms with Gasteiger partial charge in [-0.25, -0.2) is 8.42 Å². The number of hydrogen-bond acceptors (Lipinski definition) is 5.